The Hall–Kier alpha value is -1.38. The van der Waals surface area contributed by atoms with Crippen LogP contribution in [0.25, 0.3) is 0 Å². The van der Waals surface area contributed by atoms with E-state index in [1.54, 1.807) is 14.2 Å². The number of hydrogen-bond acceptors (Lipinski definition) is 2. The Bertz CT molecular complexity index is 611. The molecule has 0 saturated carbocycles. The highest BCUT2D eigenvalue weighted by Crippen LogP contribution is 2.37. The van der Waals surface area contributed by atoms with Crippen LogP contribution in [-0.4, -0.2) is 14.2 Å². The third-order valence-corrected chi connectivity index (χ3v) is 4.10. The molecule has 1 atom stereocenters. The zero-order chi connectivity index (χ0) is 14.7. The number of rotatable bonds is 4. The van der Waals surface area contributed by atoms with E-state index in [1.807, 2.05) is 43.3 Å². The topological polar surface area (TPSA) is 18.5 Å². The van der Waals surface area contributed by atoms with Crippen LogP contribution in [0.5, 0.6) is 11.5 Å². The third-order valence-electron chi connectivity index (χ3n) is 3.19. The highest BCUT2D eigenvalue weighted by Gasteiger charge is 2.17. The minimum Gasteiger partial charge on any atom is -0.497 e. The van der Waals surface area contributed by atoms with Gasteiger partial charge in [-0.3, -0.25) is 0 Å². The average molecular weight is 311 g/mol. The van der Waals surface area contributed by atoms with E-state index in [-0.39, 0.29) is 5.38 Å². The second-order valence-electron chi connectivity index (χ2n) is 4.48. The number of ether oxygens (including phenoxy) is 2. The molecule has 0 saturated heterocycles. The quantitative estimate of drug-likeness (QED) is 0.740. The van der Waals surface area contributed by atoms with Crippen molar-refractivity contribution in [2.24, 2.45) is 0 Å². The highest BCUT2D eigenvalue weighted by atomic mass is 35.5. The molecule has 0 aliphatic carbocycles. The molecule has 0 fully saturated rings. The van der Waals surface area contributed by atoms with Crippen molar-refractivity contribution in [1.29, 1.82) is 0 Å². The summed E-state index contributed by atoms with van der Waals surface area (Å²) in [4.78, 5) is 0. The number of benzene rings is 2. The summed E-state index contributed by atoms with van der Waals surface area (Å²) in [5.74, 6) is 1.44. The van der Waals surface area contributed by atoms with Gasteiger partial charge in [-0.15, -0.1) is 11.6 Å². The molecule has 0 aliphatic rings. The van der Waals surface area contributed by atoms with Gasteiger partial charge < -0.3 is 9.47 Å². The van der Waals surface area contributed by atoms with Crippen LogP contribution in [0.3, 0.4) is 0 Å². The Morgan fingerprint density at radius 2 is 1.75 bits per heavy atom. The lowest BCUT2D eigenvalue weighted by molar-refractivity contribution is 0.391. The molecule has 2 aromatic rings. The molecule has 0 heterocycles. The molecule has 0 spiro atoms. The normalized spacial score (nSPS) is 12.1. The van der Waals surface area contributed by atoms with E-state index >= 15 is 0 Å². The van der Waals surface area contributed by atoms with Gasteiger partial charge >= 0.3 is 0 Å². The van der Waals surface area contributed by atoms with E-state index in [4.69, 9.17) is 32.7 Å². The number of methoxy groups -OCH3 is 2. The van der Waals surface area contributed by atoms with E-state index in [9.17, 15) is 0 Å². The Balaban J connectivity index is 2.41. The lowest BCUT2D eigenvalue weighted by Gasteiger charge is -2.16. The van der Waals surface area contributed by atoms with E-state index in [2.05, 4.69) is 0 Å². The molecule has 0 aromatic heterocycles. The second-order valence-corrected chi connectivity index (χ2v) is 5.32. The first-order valence-electron chi connectivity index (χ1n) is 6.19. The van der Waals surface area contributed by atoms with Crippen molar-refractivity contribution in [3.63, 3.8) is 0 Å². The molecule has 0 bridgehead atoms. The van der Waals surface area contributed by atoms with Gasteiger partial charge in [0.2, 0.25) is 0 Å². The largest absolute Gasteiger partial charge is 0.497 e. The average Bonchev–Trinajstić information content (AvgIpc) is 2.48. The fraction of sp³-hybridized carbons (Fsp3) is 0.250. The standard InChI is InChI=1S/C16H16Cl2O2/c1-10-8-11(4-7-14(10)17)16(18)13-6-5-12(19-2)9-15(13)20-3/h4-9,16H,1-3H3. The second kappa shape index (κ2) is 6.38. The van der Waals surface area contributed by atoms with Crippen molar-refractivity contribution < 1.29 is 9.47 Å². The number of halogens is 2. The molecule has 2 aromatic carbocycles. The maximum Gasteiger partial charge on any atom is 0.127 e. The van der Waals surface area contributed by atoms with Gasteiger partial charge in [-0.1, -0.05) is 23.7 Å². The monoisotopic (exact) mass is 310 g/mol. The van der Waals surface area contributed by atoms with Crippen molar-refractivity contribution in [1.82, 2.24) is 0 Å². The van der Waals surface area contributed by atoms with Crippen molar-refractivity contribution >= 4 is 23.2 Å². The first kappa shape index (κ1) is 15.0. The van der Waals surface area contributed by atoms with Crippen molar-refractivity contribution in [3.05, 3.63) is 58.1 Å². The van der Waals surface area contributed by atoms with Gasteiger partial charge in [0.25, 0.3) is 0 Å². The van der Waals surface area contributed by atoms with Gasteiger partial charge in [-0.05, 0) is 36.2 Å². The lowest BCUT2D eigenvalue weighted by Crippen LogP contribution is -1.98. The van der Waals surface area contributed by atoms with Gasteiger partial charge in [0, 0.05) is 16.7 Å². The van der Waals surface area contributed by atoms with Gasteiger partial charge in [-0.25, -0.2) is 0 Å². The van der Waals surface area contributed by atoms with Crippen LogP contribution in [0.4, 0.5) is 0 Å². The molecular weight excluding hydrogens is 295 g/mol. The smallest absolute Gasteiger partial charge is 0.127 e. The van der Waals surface area contributed by atoms with Crippen LogP contribution >= 0.6 is 23.2 Å². The molecule has 106 valence electrons. The summed E-state index contributed by atoms with van der Waals surface area (Å²) in [6, 6.07) is 11.4. The summed E-state index contributed by atoms with van der Waals surface area (Å²) in [5, 5.41) is 0.436. The lowest BCUT2D eigenvalue weighted by atomic mass is 10.0. The summed E-state index contributed by atoms with van der Waals surface area (Å²) < 4.78 is 10.6. The minimum absolute atomic E-state index is 0.299. The van der Waals surface area contributed by atoms with Crippen LogP contribution in [0, 0.1) is 6.92 Å². The Morgan fingerprint density at radius 3 is 2.35 bits per heavy atom. The van der Waals surface area contributed by atoms with Crippen LogP contribution in [0.15, 0.2) is 36.4 Å². The molecule has 0 N–H and O–H groups in total. The van der Waals surface area contributed by atoms with Gasteiger partial charge in [0.05, 0.1) is 19.6 Å². The predicted molar refractivity (Wildman–Crippen MR) is 83.4 cm³/mol. The molecule has 2 rings (SSSR count). The Morgan fingerprint density at radius 1 is 1.00 bits per heavy atom. The molecule has 0 amide bonds. The fourth-order valence-corrected chi connectivity index (χ4v) is 2.47. The van der Waals surface area contributed by atoms with E-state index < -0.39 is 0 Å². The Kier molecular flexibility index (Phi) is 4.79. The molecule has 0 radical (unpaired) electrons. The number of alkyl halides is 1. The van der Waals surface area contributed by atoms with Gasteiger partial charge in [-0.2, -0.15) is 0 Å². The summed E-state index contributed by atoms with van der Waals surface area (Å²) in [6.07, 6.45) is 0. The SMILES string of the molecule is COc1ccc(C(Cl)c2ccc(Cl)c(C)c2)c(OC)c1. The van der Waals surface area contributed by atoms with Crippen LogP contribution in [0.1, 0.15) is 22.1 Å². The zero-order valence-corrected chi connectivity index (χ0v) is 13.1. The summed E-state index contributed by atoms with van der Waals surface area (Å²) in [7, 11) is 3.24. The molecule has 0 aliphatic heterocycles. The molecule has 4 heteroatoms. The van der Waals surface area contributed by atoms with Crippen LogP contribution < -0.4 is 9.47 Å². The summed E-state index contributed by atoms with van der Waals surface area (Å²) in [6.45, 7) is 1.96. The fourth-order valence-electron chi connectivity index (χ4n) is 2.03. The zero-order valence-electron chi connectivity index (χ0n) is 11.6. The van der Waals surface area contributed by atoms with E-state index in [0.29, 0.717) is 5.75 Å². The van der Waals surface area contributed by atoms with Crippen LogP contribution in [-0.2, 0) is 0 Å². The predicted octanol–water partition coefficient (Wildman–Crippen LogP) is 4.99. The first-order valence-corrected chi connectivity index (χ1v) is 7.00. The molecule has 20 heavy (non-hydrogen) atoms. The van der Waals surface area contributed by atoms with Crippen molar-refractivity contribution in [2.75, 3.05) is 14.2 Å². The van der Waals surface area contributed by atoms with Crippen molar-refractivity contribution in [3.8, 4) is 11.5 Å². The molecule has 1 unspecified atom stereocenters. The minimum atomic E-state index is -0.299. The molecule has 2 nitrogen and oxygen atoms in total. The number of aryl methyl sites for hydroxylation is 1. The Labute approximate surface area is 129 Å². The summed E-state index contributed by atoms with van der Waals surface area (Å²) >= 11 is 12.6. The van der Waals surface area contributed by atoms with Gasteiger partial charge in [0.15, 0.2) is 0 Å². The van der Waals surface area contributed by atoms with Crippen LogP contribution in [0.2, 0.25) is 5.02 Å². The number of hydrogen-bond donors (Lipinski definition) is 0. The maximum atomic E-state index is 6.57. The van der Waals surface area contributed by atoms with Crippen molar-refractivity contribution in [2.45, 2.75) is 12.3 Å². The molecular formula is C16H16Cl2O2. The highest BCUT2D eigenvalue weighted by molar-refractivity contribution is 6.31. The van der Waals surface area contributed by atoms with E-state index in [0.717, 1.165) is 27.5 Å². The third kappa shape index (κ3) is 3.02. The van der Waals surface area contributed by atoms with E-state index in [1.165, 1.54) is 0 Å². The van der Waals surface area contributed by atoms with Gasteiger partial charge in [0.1, 0.15) is 11.5 Å². The summed E-state index contributed by atoms with van der Waals surface area (Å²) in [5.41, 5.74) is 2.89. The maximum absolute atomic E-state index is 6.57. The first-order chi connectivity index (χ1) is 9.56.